The zero-order chi connectivity index (χ0) is 17.5. The number of carbonyl (C=O) groups excluding carboxylic acids is 1. The molecular weight excluding hydrogens is 336 g/mol. The fourth-order valence-electron chi connectivity index (χ4n) is 2.30. The van der Waals surface area contributed by atoms with Crippen LogP contribution >= 0.6 is 11.6 Å². The lowest BCUT2D eigenvalue weighted by Gasteiger charge is -2.08. The summed E-state index contributed by atoms with van der Waals surface area (Å²) in [7, 11) is 0. The van der Waals surface area contributed by atoms with E-state index < -0.39 is 0 Å². The first-order chi connectivity index (χ1) is 12.2. The van der Waals surface area contributed by atoms with Gasteiger partial charge in [-0.1, -0.05) is 23.7 Å². The summed E-state index contributed by atoms with van der Waals surface area (Å²) < 4.78 is 0. The summed E-state index contributed by atoms with van der Waals surface area (Å²) in [5, 5.41) is 6.78. The molecule has 0 atom stereocenters. The SMILES string of the molecule is O=C(Nc1ccc(NCCc2cccc(Cl)c2)nc1)c1cccnc1. The second kappa shape index (κ2) is 8.26. The molecule has 0 saturated carbocycles. The van der Waals surface area contributed by atoms with Crippen LogP contribution in [0.25, 0.3) is 0 Å². The van der Waals surface area contributed by atoms with Crippen molar-refractivity contribution in [2.24, 2.45) is 0 Å². The van der Waals surface area contributed by atoms with Crippen LogP contribution in [-0.2, 0) is 6.42 Å². The highest BCUT2D eigenvalue weighted by Gasteiger charge is 2.06. The lowest BCUT2D eigenvalue weighted by molar-refractivity contribution is 0.102. The fourth-order valence-corrected chi connectivity index (χ4v) is 2.51. The molecule has 0 aliphatic rings. The summed E-state index contributed by atoms with van der Waals surface area (Å²) in [6.07, 6.45) is 5.62. The first-order valence-electron chi connectivity index (χ1n) is 7.86. The van der Waals surface area contributed by atoms with Crippen molar-refractivity contribution in [2.75, 3.05) is 17.2 Å². The van der Waals surface area contributed by atoms with Gasteiger partial charge in [-0.2, -0.15) is 0 Å². The molecule has 1 aromatic carbocycles. The van der Waals surface area contributed by atoms with Gasteiger partial charge in [0.25, 0.3) is 5.91 Å². The second-order valence-electron chi connectivity index (χ2n) is 5.43. The van der Waals surface area contributed by atoms with Crippen molar-refractivity contribution in [3.8, 4) is 0 Å². The van der Waals surface area contributed by atoms with Crippen LogP contribution in [0.3, 0.4) is 0 Å². The summed E-state index contributed by atoms with van der Waals surface area (Å²) in [6.45, 7) is 0.745. The Morgan fingerprint density at radius 3 is 2.72 bits per heavy atom. The van der Waals surface area contributed by atoms with E-state index in [0.29, 0.717) is 11.3 Å². The third-order valence-electron chi connectivity index (χ3n) is 3.55. The number of pyridine rings is 2. The average Bonchev–Trinajstić information content (AvgIpc) is 2.64. The minimum Gasteiger partial charge on any atom is -0.370 e. The minimum atomic E-state index is -0.212. The van der Waals surface area contributed by atoms with Gasteiger partial charge in [-0.05, 0) is 48.4 Å². The monoisotopic (exact) mass is 352 g/mol. The lowest BCUT2D eigenvalue weighted by atomic mass is 10.1. The van der Waals surface area contributed by atoms with Crippen LogP contribution in [0.5, 0.6) is 0 Å². The minimum absolute atomic E-state index is 0.212. The van der Waals surface area contributed by atoms with Crippen molar-refractivity contribution in [2.45, 2.75) is 6.42 Å². The van der Waals surface area contributed by atoms with Crippen molar-refractivity contribution in [3.63, 3.8) is 0 Å². The molecule has 0 bridgehead atoms. The van der Waals surface area contributed by atoms with Crippen LogP contribution in [0.4, 0.5) is 11.5 Å². The van der Waals surface area contributed by atoms with E-state index in [4.69, 9.17) is 11.6 Å². The topological polar surface area (TPSA) is 66.9 Å². The van der Waals surface area contributed by atoms with E-state index in [1.165, 1.54) is 11.8 Å². The smallest absolute Gasteiger partial charge is 0.257 e. The zero-order valence-electron chi connectivity index (χ0n) is 13.4. The Balaban J connectivity index is 1.51. The van der Waals surface area contributed by atoms with Gasteiger partial charge in [-0.15, -0.1) is 0 Å². The lowest BCUT2D eigenvalue weighted by Crippen LogP contribution is -2.12. The average molecular weight is 353 g/mol. The molecular formula is C19H17ClN4O. The first kappa shape index (κ1) is 16.9. The Labute approximate surface area is 151 Å². The van der Waals surface area contributed by atoms with Crippen molar-refractivity contribution in [1.82, 2.24) is 9.97 Å². The number of carbonyl (C=O) groups is 1. The fraction of sp³-hybridized carbons (Fsp3) is 0.105. The highest BCUT2D eigenvalue weighted by Crippen LogP contribution is 2.13. The number of hydrogen-bond donors (Lipinski definition) is 2. The Morgan fingerprint density at radius 1 is 1.08 bits per heavy atom. The molecule has 0 radical (unpaired) electrons. The molecule has 3 aromatic rings. The second-order valence-corrected chi connectivity index (χ2v) is 5.87. The number of benzene rings is 1. The van der Waals surface area contributed by atoms with E-state index in [0.717, 1.165) is 23.8 Å². The molecule has 25 heavy (non-hydrogen) atoms. The summed E-state index contributed by atoms with van der Waals surface area (Å²) in [4.78, 5) is 20.3. The summed E-state index contributed by atoms with van der Waals surface area (Å²) in [6, 6.07) is 14.9. The number of anilines is 2. The molecule has 0 aliphatic heterocycles. The molecule has 0 unspecified atom stereocenters. The van der Waals surface area contributed by atoms with Gasteiger partial charge < -0.3 is 10.6 Å². The third-order valence-corrected chi connectivity index (χ3v) is 3.79. The molecule has 2 heterocycles. The van der Waals surface area contributed by atoms with E-state index in [2.05, 4.69) is 20.6 Å². The van der Waals surface area contributed by atoms with Crippen LogP contribution in [0, 0.1) is 0 Å². The van der Waals surface area contributed by atoms with Gasteiger partial charge in [-0.3, -0.25) is 9.78 Å². The molecule has 2 aromatic heterocycles. The number of nitrogens with one attached hydrogen (secondary N) is 2. The molecule has 0 saturated heterocycles. The van der Waals surface area contributed by atoms with Gasteiger partial charge in [0.2, 0.25) is 0 Å². The van der Waals surface area contributed by atoms with E-state index in [-0.39, 0.29) is 5.91 Å². The van der Waals surface area contributed by atoms with Gasteiger partial charge in [0.15, 0.2) is 0 Å². The van der Waals surface area contributed by atoms with Gasteiger partial charge in [0, 0.05) is 24.0 Å². The van der Waals surface area contributed by atoms with Crippen molar-refractivity contribution in [1.29, 1.82) is 0 Å². The standard InChI is InChI=1S/C19H17ClN4O/c20-16-5-1-3-14(11-16)8-10-22-18-7-6-17(13-23-18)24-19(25)15-4-2-9-21-12-15/h1-7,9,11-13H,8,10H2,(H,22,23)(H,24,25). The summed E-state index contributed by atoms with van der Waals surface area (Å²) in [5.41, 5.74) is 2.31. The number of hydrogen-bond acceptors (Lipinski definition) is 4. The summed E-state index contributed by atoms with van der Waals surface area (Å²) in [5.74, 6) is 0.540. The third kappa shape index (κ3) is 5.02. The van der Waals surface area contributed by atoms with Crippen LogP contribution < -0.4 is 10.6 Å². The predicted octanol–water partition coefficient (Wildman–Crippen LogP) is 4.04. The molecule has 1 amide bonds. The van der Waals surface area contributed by atoms with E-state index in [9.17, 15) is 4.79 Å². The van der Waals surface area contributed by atoms with E-state index >= 15 is 0 Å². The number of nitrogens with zero attached hydrogens (tertiary/aromatic N) is 2. The van der Waals surface area contributed by atoms with Crippen LogP contribution in [0.15, 0.2) is 67.1 Å². The van der Waals surface area contributed by atoms with Gasteiger partial charge in [0.1, 0.15) is 5.82 Å². The molecule has 6 heteroatoms. The number of amides is 1. The first-order valence-corrected chi connectivity index (χ1v) is 8.24. The maximum atomic E-state index is 12.1. The molecule has 0 spiro atoms. The molecule has 0 fully saturated rings. The molecule has 3 rings (SSSR count). The number of halogens is 1. The van der Waals surface area contributed by atoms with Crippen molar-refractivity contribution in [3.05, 3.63) is 83.3 Å². The van der Waals surface area contributed by atoms with Crippen LogP contribution in [-0.4, -0.2) is 22.4 Å². The van der Waals surface area contributed by atoms with E-state index in [1.807, 2.05) is 36.4 Å². The largest absolute Gasteiger partial charge is 0.370 e. The van der Waals surface area contributed by atoms with Crippen molar-refractivity contribution < 1.29 is 4.79 Å². The highest BCUT2D eigenvalue weighted by atomic mass is 35.5. The van der Waals surface area contributed by atoms with Crippen molar-refractivity contribution >= 4 is 29.0 Å². The molecule has 5 nitrogen and oxygen atoms in total. The summed E-state index contributed by atoms with van der Waals surface area (Å²) >= 11 is 5.97. The Bertz CT molecular complexity index is 838. The van der Waals surface area contributed by atoms with E-state index in [1.54, 1.807) is 24.5 Å². The Kier molecular flexibility index (Phi) is 5.59. The maximum absolute atomic E-state index is 12.1. The van der Waals surface area contributed by atoms with Crippen LogP contribution in [0.1, 0.15) is 15.9 Å². The Morgan fingerprint density at radius 2 is 2.00 bits per heavy atom. The molecule has 0 aliphatic carbocycles. The number of rotatable bonds is 6. The van der Waals surface area contributed by atoms with Gasteiger partial charge >= 0.3 is 0 Å². The maximum Gasteiger partial charge on any atom is 0.257 e. The molecule has 126 valence electrons. The quantitative estimate of drug-likeness (QED) is 0.702. The Hall–Kier alpha value is -2.92. The normalized spacial score (nSPS) is 10.3. The van der Waals surface area contributed by atoms with Crippen LogP contribution in [0.2, 0.25) is 5.02 Å². The predicted molar refractivity (Wildman–Crippen MR) is 100 cm³/mol. The number of aromatic nitrogens is 2. The van der Waals surface area contributed by atoms with Gasteiger partial charge in [0.05, 0.1) is 17.4 Å². The highest BCUT2D eigenvalue weighted by molar-refractivity contribution is 6.30. The zero-order valence-corrected chi connectivity index (χ0v) is 14.2. The molecule has 2 N–H and O–H groups in total. The van der Waals surface area contributed by atoms with Gasteiger partial charge in [-0.25, -0.2) is 4.98 Å².